The Labute approximate surface area is 183 Å². The molecule has 3 heterocycles. The fraction of sp³-hybridized carbons (Fsp3) is 0.458. The van der Waals surface area contributed by atoms with E-state index in [2.05, 4.69) is 45.6 Å². The largest absolute Gasteiger partial charge is 0.360 e. The second-order valence-electron chi connectivity index (χ2n) is 8.60. The van der Waals surface area contributed by atoms with E-state index in [0.717, 1.165) is 43.7 Å². The minimum absolute atomic E-state index is 0.163. The van der Waals surface area contributed by atoms with Crippen molar-refractivity contribution in [1.82, 2.24) is 20.0 Å². The van der Waals surface area contributed by atoms with E-state index in [1.54, 1.807) is 0 Å². The maximum absolute atomic E-state index is 12.0. The van der Waals surface area contributed by atoms with Crippen LogP contribution in [0.15, 0.2) is 53.9 Å². The standard InChI is InChI=1S/C24H29ClN4O/c1-2-23(30)28-13-11-27(12-14-28)16-21-24(18-5-8-20(25)9-6-18)26-22-10-7-19(15-29(21)22)17-3-4-17/h5-10,15,17,22,26H,2-4,11-14,16H2,1H3. The van der Waals surface area contributed by atoms with Crippen molar-refractivity contribution in [2.45, 2.75) is 32.4 Å². The smallest absolute Gasteiger partial charge is 0.222 e. The number of fused-ring (bicyclic) bond motifs is 1. The Balaban J connectivity index is 1.40. The fourth-order valence-electron chi connectivity index (χ4n) is 4.58. The third-order valence-corrected chi connectivity index (χ3v) is 6.79. The molecule has 1 saturated heterocycles. The van der Waals surface area contributed by atoms with Gasteiger partial charge in [-0.15, -0.1) is 0 Å². The van der Waals surface area contributed by atoms with Crippen molar-refractivity contribution in [3.05, 3.63) is 64.5 Å². The van der Waals surface area contributed by atoms with Crippen molar-refractivity contribution in [3.63, 3.8) is 0 Å². The molecular weight excluding hydrogens is 396 g/mol. The summed E-state index contributed by atoms with van der Waals surface area (Å²) >= 11 is 6.14. The number of nitrogens with one attached hydrogen (secondary N) is 1. The molecule has 1 aromatic carbocycles. The van der Waals surface area contributed by atoms with Crippen LogP contribution >= 0.6 is 11.6 Å². The predicted octanol–water partition coefficient (Wildman–Crippen LogP) is 3.66. The number of benzene rings is 1. The number of piperazine rings is 1. The van der Waals surface area contributed by atoms with Gasteiger partial charge in [0.05, 0.1) is 11.4 Å². The first-order valence-electron chi connectivity index (χ1n) is 11.1. The quantitative estimate of drug-likeness (QED) is 0.783. The molecule has 1 N–H and O–H groups in total. The van der Waals surface area contributed by atoms with Crippen LogP contribution < -0.4 is 5.32 Å². The minimum Gasteiger partial charge on any atom is -0.360 e. The number of carbonyl (C=O) groups is 1. The summed E-state index contributed by atoms with van der Waals surface area (Å²) in [5.74, 6) is 0.989. The molecule has 1 saturated carbocycles. The molecular formula is C24H29ClN4O. The van der Waals surface area contributed by atoms with Gasteiger partial charge in [0.2, 0.25) is 5.91 Å². The van der Waals surface area contributed by atoms with E-state index >= 15 is 0 Å². The highest BCUT2D eigenvalue weighted by Crippen LogP contribution is 2.41. The normalized spacial score (nSPS) is 24.1. The average Bonchev–Trinajstić information content (AvgIpc) is 3.57. The van der Waals surface area contributed by atoms with E-state index in [0.29, 0.717) is 6.42 Å². The second-order valence-corrected chi connectivity index (χ2v) is 9.03. The number of carbonyl (C=O) groups excluding carboxylic acids is 1. The van der Waals surface area contributed by atoms with Crippen LogP contribution in [0.5, 0.6) is 0 Å². The molecule has 0 bridgehead atoms. The zero-order valence-corrected chi connectivity index (χ0v) is 18.2. The minimum atomic E-state index is 0.163. The molecule has 1 atom stereocenters. The molecule has 5 rings (SSSR count). The summed E-state index contributed by atoms with van der Waals surface area (Å²) in [6.45, 7) is 6.27. The monoisotopic (exact) mass is 424 g/mol. The van der Waals surface area contributed by atoms with Crippen molar-refractivity contribution in [2.24, 2.45) is 5.92 Å². The van der Waals surface area contributed by atoms with Crippen LogP contribution in [0.1, 0.15) is 31.7 Å². The van der Waals surface area contributed by atoms with Crippen LogP contribution in [0.2, 0.25) is 5.02 Å². The molecule has 1 amide bonds. The van der Waals surface area contributed by atoms with Gasteiger partial charge >= 0.3 is 0 Å². The maximum Gasteiger partial charge on any atom is 0.222 e. The number of allylic oxidation sites excluding steroid dienone is 2. The van der Waals surface area contributed by atoms with E-state index in [4.69, 9.17) is 11.6 Å². The van der Waals surface area contributed by atoms with E-state index in [1.807, 2.05) is 24.0 Å². The van der Waals surface area contributed by atoms with Gasteiger partial charge in [0.25, 0.3) is 0 Å². The van der Waals surface area contributed by atoms with Crippen molar-refractivity contribution in [2.75, 3.05) is 32.7 Å². The van der Waals surface area contributed by atoms with Gasteiger partial charge in [-0.1, -0.05) is 36.7 Å². The molecule has 0 radical (unpaired) electrons. The molecule has 3 aliphatic heterocycles. The molecule has 4 aliphatic rings. The molecule has 30 heavy (non-hydrogen) atoms. The summed E-state index contributed by atoms with van der Waals surface area (Å²) in [5.41, 5.74) is 5.10. The first-order chi connectivity index (χ1) is 14.6. The summed E-state index contributed by atoms with van der Waals surface area (Å²) in [4.78, 5) is 18.9. The van der Waals surface area contributed by atoms with Gasteiger partial charge in [-0.25, -0.2) is 0 Å². The Kier molecular flexibility index (Phi) is 5.34. The van der Waals surface area contributed by atoms with Gasteiger partial charge in [-0.2, -0.15) is 0 Å². The Morgan fingerprint density at radius 2 is 1.87 bits per heavy atom. The Morgan fingerprint density at radius 1 is 1.13 bits per heavy atom. The lowest BCUT2D eigenvalue weighted by Gasteiger charge is -2.36. The maximum atomic E-state index is 12.0. The highest BCUT2D eigenvalue weighted by Gasteiger charge is 2.35. The summed E-state index contributed by atoms with van der Waals surface area (Å²) in [6.07, 6.45) is 10.3. The first kappa shape index (κ1) is 19.7. The van der Waals surface area contributed by atoms with Crippen molar-refractivity contribution in [1.29, 1.82) is 0 Å². The molecule has 1 aliphatic carbocycles. The summed E-state index contributed by atoms with van der Waals surface area (Å²) < 4.78 is 0. The Hall–Kier alpha value is -2.24. The van der Waals surface area contributed by atoms with Gasteiger partial charge in [-0.3, -0.25) is 9.69 Å². The lowest BCUT2D eigenvalue weighted by molar-refractivity contribution is -0.132. The third kappa shape index (κ3) is 3.88. The highest BCUT2D eigenvalue weighted by molar-refractivity contribution is 6.30. The first-order valence-corrected chi connectivity index (χ1v) is 11.4. The molecule has 0 aromatic heterocycles. The zero-order chi connectivity index (χ0) is 20.7. The van der Waals surface area contributed by atoms with Crippen LogP contribution in [0.3, 0.4) is 0 Å². The van der Waals surface area contributed by atoms with Gasteiger partial charge in [0, 0.05) is 50.4 Å². The van der Waals surface area contributed by atoms with E-state index < -0.39 is 0 Å². The third-order valence-electron chi connectivity index (χ3n) is 6.53. The molecule has 158 valence electrons. The zero-order valence-electron chi connectivity index (χ0n) is 17.5. The van der Waals surface area contributed by atoms with Crippen molar-refractivity contribution < 1.29 is 4.79 Å². The fourth-order valence-corrected chi connectivity index (χ4v) is 4.70. The molecule has 6 heteroatoms. The average molecular weight is 425 g/mol. The van der Waals surface area contributed by atoms with Crippen LogP contribution in [-0.4, -0.2) is 59.5 Å². The SMILES string of the molecule is CCC(=O)N1CCN(CC2=C(c3ccc(Cl)cc3)NC3C=CC(C4CC4)=CN23)CC1. The lowest BCUT2D eigenvalue weighted by Crippen LogP contribution is -2.49. The van der Waals surface area contributed by atoms with Gasteiger partial charge < -0.3 is 15.1 Å². The Morgan fingerprint density at radius 3 is 2.53 bits per heavy atom. The van der Waals surface area contributed by atoms with E-state index in [9.17, 15) is 4.79 Å². The topological polar surface area (TPSA) is 38.8 Å². The number of nitrogens with zero attached hydrogens (tertiary/aromatic N) is 3. The number of hydrogen-bond donors (Lipinski definition) is 1. The molecule has 0 spiro atoms. The lowest BCUT2D eigenvalue weighted by atomic mass is 10.1. The van der Waals surface area contributed by atoms with E-state index in [1.165, 1.54) is 35.4 Å². The molecule has 1 aromatic rings. The van der Waals surface area contributed by atoms with Crippen LogP contribution in [-0.2, 0) is 4.79 Å². The second kappa shape index (κ2) is 8.12. The molecule has 5 nitrogen and oxygen atoms in total. The number of hydrogen-bond acceptors (Lipinski definition) is 4. The number of rotatable bonds is 5. The summed E-state index contributed by atoms with van der Waals surface area (Å²) in [5, 5.41) is 4.48. The molecule has 2 fully saturated rings. The number of amides is 1. The van der Waals surface area contributed by atoms with Crippen LogP contribution in [0.25, 0.3) is 5.70 Å². The Bertz CT molecular complexity index is 908. The van der Waals surface area contributed by atoms with Crippen molar-refractivity contribution in [3.8, 4) is 0 Å². The van der Waals surface area contributed by atoms with Gasteiger partial charge in [0.15, 0.2) is 0 Å². The van der Waals surface area contributed by atoms with Crippen LogP contribution in [0.4, 0.5) is 0 Å². The van der Waals surface area contributed by atoms with Gasteiger partial charge in [0.1, 0.15) is 6.17 Å². The molecule has 1 unspecified atom stereocenters. The number of halogens is 1. The van der Waals surface area contributed by atoms with Crippen LogP contribution in [0, 0.1) is 5.92 Å². The van der Waals surface area contributed by atoms with Gasteiger partial charge in [-0.05, 0) is 48.1 Å². The van der Waals surface area contributed by atoms with E-state index in [-0.39, 0.29) is 12.1 Å². The predicted molar refractivity (Wildman–Crippen MR) is 120 cm³/mol. The summed E-state index contributed by atoms with van der Waals surface area (Å²) in [6, 6.07) is 8.10. The van der Waals surface area contributed by atoms with Crippen molar-refractivity contribution >= 4 is 23.2 Å². The highest BCUT2D eigenvalue weighted by atomic mass is 35.5. The summed E-state index contributed by atoms with van der Waals surface area (Å²) in [7, 11) is 0.